The number of ether oxygens (including phenoxy) is 1. The first kappa shape index (κ1) is 27.9. The summed E-state index contributed by atoms with van der Waals surface area (Å²) >= 11 is 1.32. The van der Waals surface area contributed by atoms with E-state index in [9.17, 15) is 14.4 Å². The summed E-state index contributed by atoms with van der Waals surface area (Å²) in [5.74, 6) is 0.591. The van der Waals surface area contributed by atoms with Crippen molar-refractivity contribution in [2.75, 3.05) is 25.4 Å². The molecule has 0 bridgehead atoms. The SMILES string of the molecule is CC(C)(C)OC(=O)N(CC(=O)CCc1cc(CN2CCCCC2)ccn1)C(=O)CSCc1ccco1. The summed E-state index contributed by atoms with van der Waals surface area (Å²) < 4.78 is 10.7. The van der Waals surface area contributed by atoms with Gasteiger partial charge in [0.2, 0.25) is 5.91 Å². The normalized spacial score (nSPS) is 14.4. The number of thioether (sulfide) groups is 1. The number of hydrogen-bond acceptors (Lipinski definition) is 8. The van der Waals surface area contributed by atoms with Gasteiger partial charge in [-0.1, -0.05) is 6.42 Å². The van der Waals surface area contributed by atoms with E-state index in [-0.39, 0.29) is 24.5 Å². The topological polar surface area (TPSA) is 93.0 Å². The summed E-state index contributed by atoms with van der Waals surface area (Å²) in [6.45, 7) is 7.98. The summed E-state index contributed by atoms with van der Waals surface area (Å²) in [6.07, 6.45) is 6.96. The zero-order valence-corrected chi connectivity index (χ0v) is 22.3. The highest BCUT2D eigenvalue weighted by Crippen LogP contribution is 2.17. The minimum atomic E-state index is -0.805. The molecule has 2 aromatic heterocycles. The Morgan fingerprint density at radius 1 is 1.17 bits per heavy atom. The van der Waals surface area contributed by atoms with Crippen LogP contribution in [0.25, 0.3) is 0 Å². The number of piperidine rings is 1. The Bertz CT molecular complexity index is 997. The number of aryl methyl sites for hydroxylation is 1. The van der Waals surface area contributed by atoms with Crippen molar-refractivity contribution >= 4 is 29.5 Å². The predicted molar refractivity (Wildman–Crippen MR) is 140 cm³/mol. The molecule has 196 valence electrons. The lowest BCUT2D eigenvalue weighted by Crippen LogP contribution is -2.44. The monoisotopic (exact) mass is 515 g/mol. The molecule has 1 aliphatic rings. The van der Waals surface area contributed by atoms with E-state index in [1.807, 2.05) is 18.2 Å². The summed E-state index contributed by atoms with van der Waals surface area (Å²) in [4.78, 5) is 46.2. The second-order valence-electron chi connectivity index (χ2n) is 10.1. The van der Waals surface area contributed by atoms with E-state index in [0.717, 1.165) is 36.0 Å². The molecule has 0 aromatic carbocycles. The third kappa shape index (κ3) is 9.78. The van der Waals surface area contributed by atoms with E-state index < -0.39 is 17.6 Å². The maximum Gasteiger partial charge on any atom is 0.417 e. The van der Waals surface area contributed by atoms with E-state index in [1.54, 1.807) is 39.3 Å². The number of Topliss-reactive ketones (excluding diaryl/α,β-unsaturated/α-hetero) is 1. The van der Waals surface area contributed by atoms with E-state index in [4.69, 9.17) is 9.15 Å². The van der Waals surface area contributed by atoms with Gasteiger partial charge in [-0.25, -0.2) is 9.69 Å². The molecule has 0 N–H and O–H groups in total. The van der Waals surface area contributed by atoms with Crippen LogP contribution in [0, 0.1) is 0 Å². The number of aromatic nitrogens is 1. The lowest BCUT2D eigenvalue weighted by atomic mass is 10.1. The third-order valence-corrected chi connectivity index (χ3v) is 6.63. The number of carbonyl (C=O) groups is 3. The molecule has 2 aromatic rings. The first-order valence-corrected chi connectivity index (χ1v) is 13.7. The molecule has 1 fully saturated rings. The number of rotatable bonds is 11. The van der Waals surface area contributed by atoms with Gasteiger partial charge in [-0.15, -0.1) is 11.8 Å². The summed E-state index contributed by atoms with van der Waals surface area (Å²) in [5, 5.41) is 0. The van der Waals surface area contributed by atoms with Crippen LogP contribution in [-0.2, 0) is 33.0 Å². The van der Waals surface area contributed by atoms with Gasteiger partial charge >= 0.3 is 6.09 Å². The van der Waals surface area contributed by atoms with Crippen LogP contribution < -0.4 is 0 Å². The van der Waals surface area contributed by atoms with Crippen LogP contribution in [0.1, 0.15) is 63.5 Å². The molecule has 1 saturated heterocycles. The van der Waals surface area contributed by atoms with E-state index in [0.29, 0.717) is 12.2 Å². The Morgan fingerprint density at radius 2 is 1.94 bits per heavy atom. The van der Waals surface area contributed by atoms with Crippen LogP contribution in [0.15, 0.2) is 41.1 Å². The van der Waals surface area contributed by atoms with E-state index >= 15 is 0 Å². The highest BCUT2D eigenvalue weighted by Gasteiger charge is 2.29. The minimum Gasteiger partial charge on any atom is -0.468 e. The van der Waals surface area contributed by atoms with Crippen molar-refractivity contribution in [1.29, 1.82) is 0 Å². The van der Waals surface area contributed by atoms with Crippen molar-refractivity contribution < 1.29 is 23.5 Å². The molecule has 3 rings (SSSR count). The Balaban J connectivity index is 1.54. The Morgan fingerprint density at radius 3 is 2.64 bits per heavy atom. The molecule has 0 spiro atoms. The smallest absolute Gasteiger partial charge is 0.417 e. The number of hydrogen-bond donors (Lipinski definition) is 0. The van der Waals surface area contributed by atoms with Gasteiger partial charge < -0.3 is 9.15 Å². The maximum atomic E-state index is 12.8. The Kier molecular flexibility index (Phi) is 10.6. The molecule has 9 heteroatoms. The fourth-order valence-corrected chi connectivity index (χ4v) is 4.74. The average molecular weight is 516 g/mol. The second-order valence-corrected chi connectivity index (χ2v) is 11.0. The van der Waals surface area contributed by atoms with Gasteiger partial charge in [0.25, 0.3) is 0 Å². The fraction of sp³-hybridized carbons (Fsp3) is 0.556. The number of likely N-dealkylation sites (tertiary alicyclic amines) is 1. The van der Waals surface area contributed by atoms with E-state index in [1.165, 1.54) is 36.6 Å². The van der Waals surface area contributed by atoms with Crippen LogP contribution in [0.4, 0.5) is 4.79 Å². The zero-order valence-electron chi connectivity index (χ0n) is 21.5. The van der Waals surface area contributed by atoms with Gasteiger partial charge in [-0.05, 0) is 83.0 Å². The number of furan rings is 1. The quantitative estimate of drug-likeness (QED) is 0.419. The number of nitrogens with zero attached hydrogens (tertiary/aromatic N) is 3. The molecular weight excluding hydrogens is 478 g/mol. The predicted octanol–water partition coefficient (Wildman–Crippen LogP) is 4.86. The molecule has 8 nitrogen and oxygen atoms in total. The van der Waals surface area contributed by atoms with Crippen molar-refractivity contribution in [3.63, 3.8) is 0 Å². The highest BCUT2D eigenvalue weighted by molar-refractivity contribution is 7.99. The summed E-state index contributed by atoms with van der Waals surface area (Å²) in [5.41, 5.74) is 1.24. The van der Waals surface area contributed by atoms with Crippen LogP contribution in [0.3, 0.4) is 0 Å². The van der Waals surface area contributed by atoms with Gasteiger partial charge in [0.05, 0.1) is 24.3 Å². The average Bonchev–Trinajstić information content (AvgIpc) is 3.34. The molecular formula is C27H37N3O5S. The molecule has 0 aliphatic carbocycles. The first-order chi connectivity index (χ1) is 17.2. The third-order valence-electron chi connectivity index (χ3n) is 5.70. The number of imide groups is 1. The Hall–Kier alpha value is -2.65. The molecule has 3 heterocycles. The molecule has 1 aliphatic heterocycles. The van der Waals surface area contributed by atoms with Crippen LogP contribution in [0.2, 0.25) is 0 Å². The minimum absolute atomic E-state index is 0.0350. The van der Waals surface area contributed by atoms with Gasteiger partial charge in [0, 0.05) is 24.9 Å². The van der Waals surface area contributed by atoms with Crippen LogP contribution in [0.5, 0.6) is 0 Å². The lowest BCUT2D eigenvalue weighted by molar-refractivity contribution is -0.132. The molecule has 0 radical (unpaired) electrons. The van der Waals surface area contributed by atoms with Gasteiger partial charge in [-0.3, -0.25) is 19.5 Å². The number of pyridine rings is 1. The van der Waals surface area contributed by atoms with Crippen LogP contribution >= 0.6 is 11.8 Å². The molecule has 2 amide bonds. The van der Waals surface area contributed by atoms with Gasteiger partial charge in [0.15, 0.2) is 5.78 Å². The number of amides is 2. The molecule has 0 unspecified atom stereocenters. The maximum absolute atomic E-state index is 12.8. The number of carbonyl (C=O) groups excluding carboxylic acids is 3. The fourth-order valence-electron chi connectivity index (χ4n) is 3.94. The summed E-state index contributed by atoms with van der Waals surface area (Å²) in [7, 11) is 0. The largest absolute Gasteiger partial charge is 0.468 e. The van der Waals surface area contributed by atoms with Crippen LogP contribution in [-0.4, -0.2) is 63.6 Å². The first-order valence-electron chi connectivity index (χ1n) is 12.5. The zero-order chi connectivity index (χ0) is 26.0. The van der Waals surface area contributed by atoms with Crippen molar-refractivity contribution in [2.24, 2.45) is 0 Å². The second kappa shape index (κ2) is 13.6. The number of ketones is 1. The summed E-state index contributed by atoms with van der Waals surface area (Å²) in [6, 6.07) is 7.66. The van der Waals surface area contributed by atoms with Crippen molar-refractivity contribution in [3.05, 3.63) is 53.7 Å². The van der Waals surface area contributed by atoms with Gasteiger partial charge in [-0.2, -0.15) is 0 Å². The highest BCUT2D eigenvalue weighted by atomic mass is 32.2. The van der Waals surface area contributed by atoms with E-state index in [2.05, 4.69) is 9.88 Å². The molecule has 0 saturated carbocycles. The Labute approximate surface area is 217 Å². The van der Waals surface area contributed by atoms with Crippen molar-refractivity contribution in [1.82, 2.24) is 14.8 Å². The molecule has 0 atom stereocenters. The van der Waals surface area contributed by atoms with Crippen molar-refractivity contribution in [2.45, 2.75) is 70.8 Å². The molecule has 36 heavy (non-hydrogen) atoms. The standard InChI is InChI=1S/C27H37N3O5S/c1-27(2,3)35-26(33)30(25(32)20-36-19-24-8-7-15-34-24)18-23(31)10-9-22-16-21(11-12-28-22)17-29-13-5-4-6-14-29/h7-8,11-12,15-16H,4-6,9-10,13-14,17-20H2,1-3H3. The lowest BCUT2D eigenvalue weighted by Gasteiger charge is -2.26. The van der Waals surface area contributed by atoms with Crippen molar-refractivity contribution in [3.8, 4) is 0 Å². The van der Waals surface area contributed by atoms with Gasteiger partial charge in [0.1, 0.15) is 11.4 Å².